The van der Waals surface area contributed by atoms with Gasteiger partial charge >= 0.3 is 17.1 Å². The van der Waals surface area contributed by atoms with Crippen molar-refractivity contribution in [1.82, 2.24) is 39.9 Å². The van der Waals surface area contributed by atoms with Gasteiger partial charge in [0.25, 0.3) is 0 Å². The summed E-state index contributed by atoms with van der Waals surface area (Å²) in [7, 11) is 0. The largest absolute Gasteiger partial charge is 2.00 e. The van der Waals surface area contributed by atoms with Gasteiger partial charge in [-0.25, -0.2) is 45.1 Å². The molecule has 0 saturated heterocycles. The second-order valence-corrected chi connectivity index (χ2v) is 10.6. The van der Waals surface area contributed by atoms with Crippen LogP contribution in [-0.2, 0) is 17.1 Å². The first-order chi connectivity index (χ1) is 23.1. The van der Waals surface area contributed by atoms with Crippen molar-refractivity contribution >= 4 is 44.1 Å². The van der Waals surface area contributed by atoms with Crippen LogP contribution in [-0.4, -0.2) is 29.9 Å². The second-order valence-electron chi connectivity index (χ2n) is 10.6. The molecule has 49 heavy (non-hydrogen) atoms. The van der Waals surface area contributed by atoms with Gasteiger partial charge < -0.3 is 29.9 Å². The molecule has 5 heterocycles. The summed E-state index contributed by atoms with van der Waals surface area (Å²) in [6.07, 6.45) is 0. The van der Waals surface area contributed by atoms with Crippen LogP contribution in [0, 0.1) is 46.5 Å². The van der Waals surface area contributed by atoms with Crippen LogP contribution in [0.15, 0.2) is 48.5 Å². The molecule has 8 nitrogen and oxygen atoms in total. The van der Waals surface area contributed by atoms with Crippen LogP contribution in [0.3, 0.4) is 0 Å². The fraction of sp³-hybridized carbons (Fsp3) is 0. The van der Waals surface area contributed by atoms with Crippen molar-refractivity contribution in [1.29, 1.82) is 0 Å². The maximum atomic E-state index is 15.3. The maximum absolute atomic E-state index is 15.3. The molecule has 0 fully saturated rings. The number of nitrogens with zero attached hydrogens (tertiary/aromatic N) is 8. The van der Waals surface area contributed by atoms with Gasteiger partial charge in [-0.3, -0.25) is 0 Å². The topological polar surface area (TPSA) is 106 Å². The molecule has 2 aliphatic rings. The number of rotatable bonds is 0. The monoisotopic (exact) mass is 719 g/mol. The molecule has 9 rings (SSSR count). The van der Waals surface area contributed by atoms with E-state index in [0.29, 0.717) is 0 Å². The molecule has 0 unspecified atom stereocenters. The van der Waals surface area contributed by atoms with E-state index in [-0.39, 0.29) is 17.1 Å². The molecule has 243 valence electrons. The van der Waals surface area contributed by atoms with Crippen LogP contribution in [0.5, 0.6) is 0 Å². The Hall–Kier alpha value is -5.80. The molecule has 1 radical (unpaired) electrons. The zero-order valence-corrected chi connectivity index (χ0v) is 24.5. The van der Waals surface area contributed by atoms with Gasteiger partial charge in [0.1, 0.15) is 46.5 Å². The third-order valence-electron chi connectivity index (χ3n) is 7.90. The Labute approximate surface area is 276 Å². The molecule has 0 atom stereocenters. The van der Waals surface area contributed by atoms with Gasteiger partial charge in [-0.1, -0.05) is 0 Å². The van der Waals surface area contributed by atoms with Crippen molar-refractivity contribution in [2.24, 2.45) is 0 Å². The summed E-state index contributed by atoms with van der Waals surface area (Å²) >= 11 is 0. The van der Waals surface area contributed by atoms with E-state index < -0.39 is 136 Å². The SMILES string of the molecule is Fc1ccc(F)c2c1-c1nc-2nc2[n-]c(nc3nc(nc4[n-]c(n1)c1c(F)ccc(F)c41)-c1c(F)ccc(F)c1-3)c1c(F)ccc(F)c21.[Cu+2]. The normalized spacial score (nSPS) is 11.9. The number of halogens is 8. The van der Waals surface area contributed by atoms with E-state index in [9.17, 15) is 0 Å². The number of hydrogen-bond acceptors (Lipinski definition) is 6. The molecule has 0 aliphatic carbocycles. The number of benzene rings is 4. The summed E-state index contributed by atoms with van der Waals surface area (Å²) in [4.78, 5) is 33.0. The second kappa shape index (κ2) is 10.6. The van der Waals surface area contributed by atoms with Gasteiger partial charge in [0.15, 0.2) is 0 Å². The van der Waals surface area contributed by atoms with Gasteiger partial charge in [0, 0.05) is 44.1 Å². The van der Waals surface area contributed by atoms with Crippen molar-refractivity contribution in [2.75, 3.05) is 0 Å². The molecule has 0 amide bonds. The van der Waals surface area contributed by atoms with Gasteiger partial charge in [0.2, 0.25) is 0 Å². The van der Waals surface area contributed by atoms with Gasteiger partial charge in [-0.2, -0.15) is 0 Å². The third kappa shape index (κ3) is 4.28. The van der Waals surface area contributed by atoms with Crippen molar-refractivity contribution < 1.29 is 52.2 Å². The van der Waals surface area contributed by atoms with E-state index in [0.717, 1.165) is 48.5 Å². The van der Waals surface area contributed by atoms with Gasteiger partial charge in [-0.15, -0.1) is 0 Å². The van der Waals surface area contributed by atoms with Crippen LogP contribution in [0.1, 0.15) is 0 Å². The van der Waals surface area contributed by atoms with Crippen LogP contribution in [0.25, 0.3) is 89.7 Å². The fourth-order valence-electron chi connectivity index (χ4n) is 5.85. The predicted octanol–water partition coefficient (Wildman–Crippen LogP) is 7.24. The Morgan fingerprint density at radius 2 is 0.510 bits per heavy atom. The van der Waals surface area contributed by atoms with E-state index >= 15 is 35.1 Å². The first kappa shape index (κ1) is 30.5. The quantitative estimate of drug-likeness (QED) is 0.119. The summed E-state index contributed by atoms with van der Waals surface area (Å²) in [5.74, 6) is -10.8. The maximum Gasteiger partial charge on any atom is 2.00 e. The van der Waals surface area contributed by atoms with E-state index in [1.807, 2.05) is 0 Å². The fourth-order valence-corrected chi connectivity index (χ4v) is 5.85. The van der Waals surface area contributed by atoms with Gasteiger partial charge in [-0.05, 0) is 48.5 Å². The first-order valence-corrected chi connectivity index (χ1v) is 13.7. The molecule has 2 aliphatic heterocycles. The van der Waals surface area contributed by atoms with Crippen molar-refractivity contribution in [2.45, 2.75) is 0 Å². The first-order valence-electron chi connectivity index (χ1n) is 13.7. The average Bonchev–Trinajstić information content (AvgIpc) is 3.80. The minimum absolute atomic E-state index is 0. The van der Waals surface area contributed by atoms with E-state index in [2.05, 4.69) is 39.9 Å². The molecule has 4 aromatic carbocycles. The molecule has 7 aromatic rings. The molecule has 0 spiro atoms. The zero-order chi connectivity index (χ0) is 33.2. The molecule has 0 N–H and O–H groups in total. The standard InChI is InChI=1S/C32H8F8N8.Cu/c33-9-1-2-10(34)18-17(9)25-41-26(18)46-28-21-13(37)5-6-14(38)22(21)30(43-28)48-32-24-16(40)8-7-15(39)23(24)31(44-32)47-29-20-12(36)4-3-11(35)19(20)27(42-29)45-25;/h1-8H;/q-2;+2. The summed E-state index contributed by atoms with van der Waals surface area (Å²) < 4.78 is 122. The molecular weight excluding hydrogens is 712 g/mol. The smallest absolute Gasteiger partial charge is 0.357 e. The number of aromatic nitrogens is 8. The summed E-state index contributed by atoms with van der Waals surface area (Å²) in [6.45, 7) is 0. The van der Waals surface area contributed by atoms with E-state index in [1.165, 1.54) is 0 Å². The Balaban J connectivity index is 0.00000348. The van der Waals surface area contributed by atoms with Crippen LogP contribution in [0.4, 0.5) is 35.1 Å². The number of fused-ring (bicyclic) bond motifs is 20. The summed E-state index contributed by atoms with van der Waals surface area (Å²) in [5, 5.41) is -2.21. The average molecular weight is 720 g/mol. The molecule has 0 saturated carbocycles. The minimum Gasteiger partial charge on any atom is -0.357 e. The summed E-state index contributed by atoms with van der Waals surface area (Å²) in [5.41, 5.74) is -4.59. The number of hydrogen-bond donors (Lipinski definition) is 0. The Bertz CT molecular complexity index is 2430. The summed E-state index contributed by atoms with van der Waals surface area (Å²) in [6, 6.07) is 6.12. The Morgan fingerprint density at radius 1 is 0.306 bits per heavy atom. The molecule has 17 heteroatoms. The van der Waals surface area contributed by atoms with Gasteiger partial charge in [0.05, 0.1) is 45.6 Å². The van der Waals surface area contributed by atoms with Crippen molar-refractivity contribution in [3.8, 4) is 45.6 Å². The van der Waals surface area contributed by atoms with Crippen molar-refractivity contribution in [3.63, 3.8) is 0 Å². The molecule has 8 bridgehead atoms. The zero-order valence-electron chi connectivity index (χ0n) is 23.5. The Morgan fingerprint density at radius 3 is 0.735 bits per heavy atom. The molecule has 3 aromatic heterocycles. The minimum atomic E-state index is -1.05. The van der Waals surface area contributed by atoms with Crippen molar-refractivity contribution in [3.05, 3.63) is 95.1 Å². The van der Waals surface area contributed by atoms with E-state index in [1.54, 1.807) is 0 Å². The van der Waals surface area contributed by atoms with Crippen LogP contribution >= 0.6 is 0 Å². The predicted molar refractivity (Wildman–Crippen MR) is 154 cm³/mol. The molecular formula is C32H8CuF8N8. The van der Waals surface area contributed by atoms with E-state index in [4.69, 9.17) is 0 Å². The third-order valence-corrected chi connectivity index (χ3v) is 7.90. The van der Waals surface area contributed by atoms with Crippen LogP contribution in [0.2, 0.25) is 0 Å². The Kier molecular flexibility index (Phi) is 6.60. The van der Waals surface area contributed by atoms with Crippen LogP contribution < -0.4 is 9.97 Å².